The Morgan fingerprint density at radius 1 is 1.00 bits per heavy atom. The molecule has 1 atom stereocenters. The van der Waals surface area contributed by atoms with Gasteiger partial charge in [0.25, 0.3) is 0 Å². The summed E-state index contributed by atoms with van der Waals surface area (Å²) in [5, 5.41) is 4.83. The van der Waals surface area contributed by atoms with Gasteiger partial charge < -0.3 is 5.32 Å². The molecule has 0 saturated carbocycles. The third kappa shape index (κ3) is 3.99. The average Bonchev–Trinajstić information content (AvgIpc) is 2.42. The van der Waals surface area contributed by atoms with E-state index in [9.17, 15) is 0 Å². The molecule has 2 rings (SSSR count). The molecule has 20 heavy (non-hydrogen) atoms. The number of likely N-dealkylation sites (N-methyl/N-ethyl adjacent to an activating group) is 1. The Morgan fingerprint density at radius 2 is 1.65 bits per heavy atom. The van der Waals surface area contributed by atoms with Crippen LogP contribution in [0.5, 0.6) is 0 Å². The zero-order chi connectivity index (χ0) is 14.5. The van der Waals surface area contributed by atoms with Crippen molar-refractivity contribution in [1.82, 2.24) is 5.32 Å². The summed E-state index contributed by atoms with van der Waals surface area (Å²) in [5.74, 6) is 0. The van der Waals surface area contributed by atoms with Crippen molar-refractivity contribution in [2.75, 3.05) is 7.05 Å². The zero-order valence-corrected chi connectivity index (χ0v) is 13.3. The van der Waals surface area contributed by atoms with E-state index < -0.39 is 0 Å². The summed E-state index contributed by atoms with van der Waals surface area (Å²) in [6, 6.07) is 14.6. The van der Waals surface area contributed by atoms with Gasteiger partial charge in [0.15, 0.2) is 0 Å². The molecule has 0 spiro atoms. The number of benzene rings is 2. The van der Waals surface area contributed by atoms with Crippen molar-refractivity contribution >= 4 is 23.2 Å². The number of aryl methyl sites for hydroxylation is 1. The van der Waals surface area contributed by atoms with Crippen LogP contribution >= 0.6 is 23.2 Å². The van der Waals surface area contributed by atoms with Gasteiger partial charge in [0.05, 0.1) is 0 Å². The molecule has 106 valence electrons. The van der Waals surface area contributed by atoms with E-state index >= 15 is 0 Å². The van der Waals surface area contributed by atoms with Crippen LogP contribution < -0.4 is 5.32 Å². The highest BCUT2D eigenvalue weighted by atomic mass is 35.5. The molecule has 0 aromatic heterocycles. The van der Waals surface area contributed by atoms with E-state index in [1.807, 2.05) is 25.2 Å². The first kappa shape index (κ1) is 15.4. The van der Waals surface area contributed by atoms with Gasteiger partial charge in [-0.25, -0.2) is 0 Å². The second-order valence-corrected chi connectivity index (χ2v) is 5.90. The van der Waals surface area contributed by atoms with Gasteiger partial charge in [0.2, 0.25) is 0 Å². The van der Waals surface area contributed by atoms with Crippen molar-refractivity contribution in [3.63, 3.8) is 0 Å². The van der Waals surface area contributed by atoms with E-state index in [4.69, 9.17) is 23.2 Å². The summed E-state index contributed by atoms with van der Waals surface area (Å²) < 4.78 is 0. The number of rotatable bonds is 5. The van der Waals surface area contributed by atoms with E-state index in [2.05, 4.69) is 36.5 Å². The molecule has 3 heteroatoms. The molecule has 0 amide bonds. The second-order valence-electron chi connectivity index (χ2n) is 5.08. The van der Waals surface area contributed by atoms with Gasteiger partial charge in [-0.15, -0.1) is 0 Å². The SMILES string of the molecule is CNC(Cc1cccc(C)c1)Cc1c(Cl)cccc1Cl. The Hall–Kier alpha value is -1.02. The predicted molar refractivity (Wildman–Crippen MR) is 87.9 cm³/mol. The molecule has 0 aliphatic rings. The van der Waals surface area contributed by atoms with Crippen molar-refractivity contribution < 1.29 is 0 Å². The lowest BCUT2D eigenvalue weighted by Gasteiger charge is -2.18. The minimum Gasteiger partial charge on any atom is -0.316 e. The molecule has 0 bridgehead atoms. The highest BCUT2D eigenvalue weighted by Gasteiger charge is 2.13. The van der Waals surface area contributed by atoms with E-state index in [1.54, 1.807) is 0 Å². The first-order valence-electron chi connectivity index (χ1n) is 6.76. The van der Waals surface area contributed by atoms with Crippen LogP contribution in [0, 0.1) is 6.92 Å². The normalized spacial score (nSPS) is 12.4. The van der Waals surface area contributed by atoms with Gasteiger partial charge in [-0.2, -0.15) is 0 Å². The summed E-state index contributed by atoms with van der Waals surface area (Å²) in [4.78, 5) is 0. The van der Waals surface area contributed by atoms with Crippen molar-refractivity contribution in [3.05, 3.63) is 69.2 Å². The van der Waals surface area contributed by atoms with Crippen LogP contribution in [0.25, 0.3) is 0 Å². The fourth-order valence-corrected chi connectivity index (χ4v) is 2.93. The second kappa shape index (κ2) is 7.12. The largest absolute Gasteiger partial charge is 0.316 e. The molecule has 0 aliphatic heterocycles. The molecule has 1 N–H and O–H groups in total. The molecule has 0 heterocycles. The first-order valence-corrected chi connectivity index (χ1v) is 7.51. The van der Waals surface area contributed by atoms with Crippen molar-refractivity contribution in [2.24, 2.45) is 0 Å². The molecule has 0 fully saturated rings. The minimum absolute atomic E-state index is 0.314. The summed E-state index contributed by atoms with van der Waals surface area (Å²) in [7, 11) is 1.98. The van der Waals surface area contributed by atoms with Crippen LogP contribution in [0.4, 0.5) is 0 Å². The maximum atomic E-state index is 6.25. The maximum absolute atomic E-state index is 6.25. The summed E-state index contributed by atoms with van der Waals surface area (Å²) in [6.45, 7) is 2.11. The minimum atomic E-state index is 0.314. The molecule has 1 nitrogen and oxygen atoms in total. The lowest BCUT2D eigenvalue weighted by molar-refractivity contribution is 0.556. The van der Waals surface area contributed by atoms with E-state index in [0.29, 0.717) is 6.04 Å². The van der Waals surface area contributed by atoms with E-state index in [0.717, 1.165) is 28.5 Å². The summed E-state index contributed by atoms with van der Waals surface area (Å²) in [5.41, 5.74) is 3.63. The summed E-state index contributed by atoms with van der Waals surface area (Å²) in [6.07, 6.45) is 1.78. The van der Waals surface area contributed by atoms with Crippen LogP contribution in [0.3, 0.4) is 0 Å². The third-order valence-electron chi connectivity index (χ3n) is 3.49. The number of nitrogens with one attached hydrogen (secondary N) is 1. The van der Waals surface area contributed by atoms with Crippen LogP contribution in [-0.2, 0) is 12.8 Å². The number of hydrogen-bond donors (Lipinski definition) is 1. The molecule has 0 aliphatic carbocycles. The Bertz CT molecular complexity index is 561. The van der Waals surface area contributed by atoms with Gasteiger partial charge in [-0.05, 0) is 50.1 Å². The van der Waals surface area contributed by atoms with Gasteiger partial charge in [-0.1, -0.05) is 59.1 Å². The molecular formula is C17H19Cl2N. The lowest BCUT2D eigenvalue weighted by atomic mass is 9.98. The Kier molecular flexibility index (Phi) is 5.47. The van der Waals surface area contributed by atoms with Gasteiger partial charge in [0.1, 0.15) is 0 Å². The van der Waals surface area contributed by atoms with E-state index in [1.165, 1.54) is 11.1 Å². The first-order chi connectivity index (χ1) is 9.60. The Balaban J connectivity index is 2.13. The van der Waals surface area contributed by atoms with Crippen molar-refractivity contribution in [2.45, 2.75) is 25.8 Å². The fourth-order valence-electron chi connectivity index (χ4n) is 2.37. The smallest absolute Gasteiger partial charge is 0.0453 e. The number of halogens is 2. The molecule has 1 unspecified atom stereocenters. The molecule has 2 aromatic carbocycles. The molecule has 0 radical (unpaired) electrons. The summed E-state index contributed by atoms with van der Waals surface area (Å²) >= 11 is 12.5. The molecular weight excluding hydrogens is 289 g/mol. The topological polar surface area (TPSA) is 12.0 Å². The van der Waals surface area contributed by atoms with Crippen LogP contribution in [0.2, 0.25) is 10.0 Å². The number of hydrogen-bond acceptors (Lipinski definition) is 1. The van der Waals surface area contributed by atoms with Gasteiger partial charge in [0, 0.05) is 16.1 Å². The van der Waals surface area contributed by atoms with Crippen LogP contribution in [0.1, 0.15) is 16.7 Å². The average molecular weight is 308 g/mol. The monoisotopic (exact) mass is 307 g/mol. The zero-order valence-electron chi connectivity index (χ0n) is 11.8. The van der Waals surface area contributed by atoms with Gasteiger partial charge in [-0.3, -0.25) is 0 Å². The molecule has 2 aromatic rings. The standard InChI is InChI=1S/C17H19Cl2N/c1-12-5-3-6-13(9-12)10-14(20-2)11-15-16(18)7-4-8-17(15)19/h3-9,14,20H,10-11H2,1-2H3. The van der Waals surface area contributed by atoms with E-state index in [-0.39, 0.29) is 0 Å². The van der Waals surface area contributed by atoms with Crippen LogP contribution in [-0.4, -0.2) is 13.1 Å². The fraction of sp³-hybridized carbons (Fsp3) is 0.294. The Morgan fingerprint density at radius 3 is 2.25 bits per heavy atom. The Labute approximate surface area is 130 Å². The van der Waals surface area contributed by atoms with Crippen molar-refractivity contribution in [1.29, 1.82) is 0 Å². The lowest BCUT2D eigenvalue weighted by Crippen LogP contribution is -2.30. The predicted octanol–water partition coefficient (Wildman–Crippen LogP) is 4.68. The van der Waals surface area contributed by atoms with Crippen molar-refractivity contribution in [3.8, 4) is 0 Å². The van der Waals surface area contributed by atoms with Crippen LogP contribution in [0.15, 0.2) is 42.5 Å². The van der Waals surface area contributed by atoms with Gasteiger partial charge >= 0.3 is 0 Å². The maximum Gasteiger partial charge on any atom is 0.0453 e. The molecule has 0 saturated heterocycles. The quantitative estimate of drug-likeness (QED) is 0.846. The third-order valence-corrected chi connectivity index (χ3v) is 4.19. The highest BCUT2D eigenvalue weighted by Crippen LogP contribution is 2.26. The highest BCUT2D eigenvalue weighted by molar-refractivity contribution is 6.36.